The molecule has 0 atom stereocenters. The van der Waals surface area contributed by atoms with Crippen LogP contribution < -0.4 is 0 Å². The second-order valence-electron chi connectivity index (χ2n) is 2.30. The lowest BCUT2D eigenvalue weighted by atomic mass is 10.1. The van der Waals surface area contributed by atoms with Crippen LogP contribution in [0, 0.1) is 17.1 Å². The summed E-state index contributed by atoms with van der Waals surface area (Å²) in [4.78, 5) is 0. The van der Waals surface area contributed by atoms with Gasteiger partial charge in [0.15, 0.2) is 0 Å². The highest BCUT2D eigenvalue weighted by molar-refractivity contribution is 5.34. The third-order valence-corrected chi connectivity index (χ3v) is 1.40. The van der Waals surface area contributed by atoms with E-state index < -0.39 is 17.6 Å². The van der Waals surface area contributed by atoms with Gasteiger partial charge in [-0.1, -0.05) is 13.8 Å². The lowest BCUT2D eigenvalue weighted by molar-refractivity contribution is -0.140. The van der Waals surface area contributed by atoms with Gasteiger partial charge in [-0.2, -0.15) is 18.4 Å². The van der Waals surface area contributed by atoms with Crippen LogP contribution >= 0.6 is 0 Å². The number of rotatable bonds is 0. The lowest BCUT2D eigenvalue weighted by Crippen LogP contribution is -2.08. The van der Waals surface area contributed by atoms with Crippen LogP contribution in [0.4, 0.5) is 17.6 Å². The summed E-state index contributed by atoms with van der Waals surface area (Å²) in [6.45, 7) is 4.00. The summed E-state index contributed by atoms with van der Waals surface area (Å²) in [5, 5.41) is 8.28. The second-order valence-corrected chi connectivity index (χ2v) is 2.30. The zero-order chi connectivity index (χ0) is 12.1. The Bertz CT molecular complexity index is 363. The highest BCUT2D eigenvalue weighted by atomic mass is 19.4. The van der Waals surface area contributed by atoms with Gasteiger partial charge in [-0.25, -0.2) is 4.39 Å². The first-order valence-corrected chi connectivity index (χ1v) is 4.22. The number of alkyl halides is 3. The van der Waals surface area contributed by atoms with E-state index in [2.05, 4.69) is 0 Å². The fourth-order valence-corrected chi connectivity index (χ4v) is 0.812. The van der Waals surface area contributed by atoms with E-state index in [0.29, 0.717) is 12.1 Å². The first-order chi connectivity index (χ1) is 6.95. The Morgan fingerprint density at radius 1 is 1.20 bits per heavy atom. The van der Waals surface area contributed by atoms with Crippen molar-refractivity contribution >= 4 is 0 Å². The Morgan fingerprint density at radius 3 is 2.13 bits per heavy atom. The van der Waals surface area contributed by atoms with Gasteiger partial charge < -0.3 is 0 Å². The van der Waals surface area contributed by atoms with E-state index in [1.54, 1.807) is 0 Å². The van der Waals surface area contributed by atoms with Crippen molar-refractivity contribution in [3.63, 3.8) is 0 Å². The molecule has 5 heteroatoms. The Kier molecular flexibility index (Phi) is 4.79. The molecule has 1 rings (SSSR count). The minimum atomic E-state index is -4.75. The molecule has 15 heavy (non-hydrogen) atoms. The molecule has 0 fully saturated rings. The maximum atomic E-state index is 12.6. The van der Waals surface area contributed by atoms with E-state index >= 15 is 0 Å². The summed E-state index contributed by atoms with van der Waals surface area (Å²) >= 11 is 0. The highest BCUT2D eigenvalue weighted by Crippen LogP contribution is 2.31. The topological polar surface area (TPSA) is 23.8 Å². The van der Waals surface area contributed by atoms with Crippen LogP contribution in [0.15, 0.2) is 18.2 Å². The van der Waals surface area contributed by atoms with Gasteiger partial charge in [-0.15, -0.1) is 0 Å². The lowest BCUT2D eigenvalue weighted by Gasteiger charge is -2.07. The molecule has 0 aliphatic carbocycles. The maximum absolute atomic E-state index is 12.6. The van der Waals surface area contributed by atoms with Crippen molar-refractivity contribution < 1.29 is 17.6 Å². The zero-order valence-electron chi connectivity index (χ0n) is 8.19. The third-order valence-electron chi connectivity index (χ3n) is 1.40. The van der Waals surface area contributed by atoms with E-state index in [1.807, 2.05) is 13.8 Å². The van der Waals surface area contributed by atoms with Crippen LogP contribution in [0.3, 0.4) is 0 Å². The minimum Gasteiger partial charge on any atom is -0.206 e. The average molecular weight is 219 g/mol. The molecule has 0 saturated heterocycles. The fraction of sp³-hybridized carbons (Fsp3) is 0.300. The Hall–Kier alpha value is -1.57. The number of hydrogen-bond acceptors (Lipinski definition) is 1. The van der Waals surface area contributed by atoms with Crippen molar-refractivity contribution in [3.8, 4) is 6.07 Å². The normalized spacial score (nSPS) is 9.93. The van der Waals surface area contributed by atoms with Crippen LogP contribution in [0.25, 0.3) is 0 Å². The fourth-order valence-electron chi connectivity index (χ4n) is 0.812. The van der Waals surface area contributed by atoms with Gasteiger partial charge in [-0.3, -0.25) is 0 Å². The van der Waals surface area contributed by atoms with E-state index in [9.17, 15) is 17.6 Å². The van der Waals surface area contributed by atoms with E-state index in [0.717, 1.165) is 6.07 Å². The van der Waals surface area contributed by atoms with E-state index in [-0.39, 0.29) is 5.56 Å². The molecule has 0 N–H and O–H groups in total. The van der Waals surface area contributed by atoms with Gasteiger partial charge in [0.1, 0.15) is 5.82 Å². The van der Waals surface area contributed by atoms with E-state index in [1.165, 1.54) is 6.07 Å². The van der Waals surface area contributed by atoms with Crippen LogP contribution in [-0.2, 0) is 6.18 Å². The van der Waals surface area contributed by atoms with Crippen LogP contribution in [0.1, 0.15) is 25.0 Å². The zero-order valence-corrected chi connectivity index (χ0v) is 8.19. The first-order valence-electron chi connectivity index (χ1n) is 4.22. The summed E-state index contributed by atoms with van der Waals surface area (Å²) in [5.41, 5.74) is -1.62. The molecule has 0 aliphatic heterocycles. The van der Waals surface area contributed by atoms with Gasteiger partial charge in [0, 0.05) is 0 Å². The third kappa shape index (κ3) is 3.58. The summed E-state index contributed by atoms with van der Waals surface area (Å²) < 4.78 is 48.6. The molecule has 0 spiro atoms. The van der Waals surface area contributed by atoms with Crippen molar-refractivity contribution in [1.82, 2.24) is 0 Å². The van der Waals surface area contributed by atoms with Gasteiger partial charge in [-0.05, 0) is 18.2 Å². The van der Waals surface area contributed by atoms with Crippen LogP contribution in [0.5, 0.6) is 0 Å². The Balaban J connectivity index is 0.000000921. The number of benzene rings is 1. The molecule has 0 radical (unpaired) electrons. The molecular weight excluding hydrogens is 210 g/mol. The summed E-state index contributed by atoms with van der Waals surface area (Å²) in [7, 11) is 0. The number of nitrogens with zero attached hydrogens (tertiary/aromatic N) is 1. The van der Waals surface area contributed by atoms with Crippen LogP contribution in [0.2, 0.25) is 0 Å². The largest absolute Gasteiger partial charge is 0.419 e. The Labute approximate surface area is 85.0 Å². The predicted molar refractivity (Wildman–Crippen MR) is 47.5 cm³/mol. The molecule has 0 aromatic heterocycles. The summed E-state index contributed by atoms with van der Waals surface area (Å²) in [5.74, 6) is -1.37. The van der Waals surface area contributed by atoms with Crippen LogP contribution in [-0.4, -0.2) is 0 Å². The molecule has 0 amide bonds. The van der Waals surface area contributed by atoms with Crippen molar-refractivity contribution in [1.29, 1.82) is 5.26 Å². The molecule has 82 valence electrons. The minimum absolute atomic E-state index is 0.214. The Morgan fingerprint density at radius 2 is 1.73 bits per heavy atom. The van der Waals surface area contributed by atoms with Crippen molar-refractivity contribution in [2.45, 2.75) is 20.0 Å². The maximum Gasteiger partial charge on any atom is 0.419 e. The predicted octanol–water partition coefficient (Wildman–Crippen LogP) is 3.74. The van der Waals surface area contributed by atoms with Crippen molar-refractivity contribution in [2.75, 3.05) is 0 Å². The van der Waals surface area contributed by atoms with Gasteiger partial charge >= 0.3 is 6.18 Å². The smallest absolute Gasteiger partial charge is 0.206 e. The van der Waals surface area contributed by atoms with Crippen molar-refractivity contribution in [3.05, 3.63) is 35.1 Å². The van der Waals surface area contributed by atoms with E-state index in [4.69, 9.17) is 5.26 Å². The van der Waals surface area contributed by atoms with Gasteiger partial charge in [0.25, 0.3) is 0 Å². The molecule has 1 aromatic rings. The SMILES string of the molecule is CC.N#Cc1ccc(F)c(C(F)(F)F)c1. The quantitative estimate of drug-likeness (QED) is 0.609. The molecular formula is C10H9F4N. The molecule has 0 saturated carbocycles. The average Bonchev–Trinajstić information content (AvgIpc) is 2.20. The summed E-state index contributed by atoms with van der Waals surface area (Å²) in [6.07, 6.45) is -4.75. The monoisotopic (exact) mass is 219 g/mol. The number of hydrogen-bond donors (Lipinski definition) is 0. The number of nitriles is 1. The van der Waals surface area contributed by atoms with Gasteiger partial charge in [0.2, 0.25) is 0 Å². The highest BCUT2D eigenvalue weighted by Gasteiger charge is 2.34. The second kappa shape index (κ2) is 5.35. The molecule has 1 nitrogen and oxygen atoms in total. The van der Waals surface area contributed by atoms with Crippen molar-refractivity contribution in [2.24, 2.45) is 0 Å². The molecule has 0 unspecified atom stereocenters. The molecule has 0 heterocycles. The van der Waals surface area contributed by atoms with Gasteiger partial charge in [0.05, 0.1) is 17.2 Å². The molecule has 0 aliphatic rings. The standard InChI is InChI=1S/C8H3F4N.C2H6/c9-7-2-1-5(4-13)3-6(7)8(10,11)12;1-2/h1-3H;1-2H3. The first kappa shape index (κ1) is 13.4. The molecule has 1 aromatic carbocycles. The number of halogens is 4. The molecule has 0 bridgehead atoms. The summed E-state index contributed by atoms with van der Waals surface area (Å²) in [6, 6.07) is 3.60.